The SMILES string of the molecule is CC(C)(O)Cn1cc(Nc2ncnc(-c3ccc(O[C@H]4CCN(C[C@@](O)(C=O)CO)C[C@H]4F)c(C#N)c3)n2)cn1. The van der Waals surface area contributed by atoms with Gasteiger partial charge in [0.15, 0.2) is 17.7 Å². The Labute approximate surface area is 229 Å². The zero-order chi connectivity index (χ0) is 28.9. The number of carbonyl (C=O) groups excluding carboxylic acids is 1. The van der Waals surface area contributed by atoms with Gasteiger partial charge in [-0.05, 0) is 38.5 Å². The van der Waals surface area contributed by atoms with Crippen LogP contribution in [0.2, 0.25) is 0 Å². The smallest absolute Gasteiger partial charge is 0.230 e. The summed E-state index contributed by atoms with van der Waals surface area (Å²) in [6.07, 6.45) is 2.83. The zero-order valence-electron chi connectivity index (χ0n) is 22.1. The van der Waals surface area contributed by atoms with E-state index in [9.17, 15) is 29.8 Å². The molecule has 0 bridgehead atoms. The summed E-state index contributed by atoms with van der Waals surface area (Å²) >= 11 is 0. The molecule has 3 aromatic rings. The molecule has 14 heteroatoms. The van der Waals surface area contributed by atoms with Gasteiger partial charge in [0, 0.05) is 31.4 Å². The number of benzene rings is 1. The second kappa shape index (κ2) is 12.0. The number of rotatable bonds is 11. The molecule has 13 nitrogen and oxygen atoms in total. The molecule has 0 unspecified atom stereocenters. The van der Waals surface area contributed by atoms with Gasteiger partial charge in [-0.1, -0.05) is 0 Å². The van der Waals surface area contributed by atoms with Gasteiger partial charge < -0.3 is 25.4 Å². The summed E-state index contributed by atoms with van der Waals surface area (Å²) < 4.78 is 22.4. The summed E-state index contributed by atoms with van der Waals surface area (Å²) in [7, 11) is 0. The van der Waals surface area contributed by atoms with Crippen LogP contribution in [-0.2, 0) is 11.3 Å². The van der Waals surface area contributed by atoms with Crippen LogP contribution in [0.1, 0.15) is 25.8 Å². The first-order valence-corrected chi connectivity index (χ1v) is 12.6. The molecule has 2 aromatic heterocycles. The number of aldehydes is 1. The number of nitrogens with zero attached hydrogens (tertiary/aromatic N) is 7. The van der Waals surface area contributed by atoms with Gasteiger partial charge in [0.1, 0.15) is 30.4 Å². The fraction of sp³-hybridized carbons (Fsp3) is 0.462. The van der Waals surface area contributed by atoms with Gasteiger partial charge in [0.05, 0.1) is 36.2 Å². The van der Waals surface area contributed by atoms with Gasteiger partial charge in [-0.15, -0.1) is 0 Å². The van der Waals surface area contributed by atoms with E-state index in [1.807, 2.05) is 0 Å². The number of nitrogens with one attached hydrogen (secondary N) is 1. The third-order valence-corrected chi connectivity index (χ3v) is 6.20. The quantitative estimate of drug-likeness (QED) is 0.245. The van der Waals surface area contributed by atoms with Gasteiger partial charge in [-0.25, -0.2) is 14.4 Å². The second-order valence-corrected chi connectivity index (χ2v) is 10.4. The van der Waals surface area contributed by atoms with Crippen LogP contribution in [0.4, 0.5) is 16.0 Å². The van der Waals surface area contributed by atoms with Crippen LogP contribution in [0, 0.1) is 11.3 Å². The lowest BCUT2D eigenvalue weighted by molar-refractivity contribution is -0.132. The molecule has 1 saturated heterocycles. The molecule has 0 saturated carbocycles. The molecule has 1 fully saturated rings. The van der Waals surface area contributed by atoms with Crippen molar-refractivity contribution in [2.45, 2.75) is 50.3 Å². The topological polar surface area (TPSA) is 183 Å². The lowest BCUT2D eigenvalue weighted by Crippen LogP contribution is -2.54. The van der Waals surface area contributed by atoms with E-state index < -0.39 is 30.1 Å². The van der Waals surface area contributed by atoms with Crippen LogP contribution >= 0.6 is 0 Å². The van der Waals surface area contributed by atoms with Crippen LogP contribution in [0.3, 0.4) is 0 Å². The van der Waals surface area contributed by atoms with Gasteiger partial charge in [0.25, 0.3) is 0 Å². The molecule has 0 radical (unpaired) electrons. The van der Waals surface area contributed by atoms with Crippen molar-refractivity contribution in [2.75, 3.05) is 31.6 Å². The van der Waals surface area contributed by atoms with E-state index in [-0.39, 0.29) is 43.1 Å². The van der Waals surface area contributed by atoms with Crippen LogP contribution in [-0.4, -0.2) is 101 Å². The maximum Gasteiger partial charge on any atom is 0.230 e. The highest BCUT2D eigenvalue weighted by Gasteiger charge is 2.36. The predicted molar refractivity (Wildman–Crippen MR) is 140 cm³/mol. The zero-order valence-corrected chi connectivity index (χ0v) is 22.1. The summed E-state index contributed by atoms with van der Waals surface area (Å²) in [5, 5.41) is 46.2. The number of aliphatic hydroxyl groups excluding tert-OH is 1. The molecule has 1 aromatic carbocycles. The largest absolute Gasteiger partial charge is 0.486 e. The summed E-state index contributed by atoms with van der Waals surface area (Å²) in [5.41, 5.74) is -1.56. The molecule has 4 N–H and O–H groups in total. The van der Waals surface area contributed by atoms with Crippen molar-refractivity contribution in [2.24, 2.45) is 0 Å². The van der Waals surface area contributed by atoms with E-state index in [2.05, 4.69) is 31.4 Å². The summed E-state index contributed by atoms with van der Waals surface area (Å²) in [6.45, 7) is 2.96. The van der Waals surface area contributed by atoms with Gasteiger partial charge in [-0.2, -0.15) is 15.3 Å². The summed E-state index contributed by atoms with van der Waals surface area (Å²) in [5.74, 6) is 0.757. The Hall–Kier alpha value is -4.03. The third kappa shape index (κ3) is 7.33. The average molecular weight is 555 g/mol. The molecule has 1 aliphatic heterocycles. The maximum absolute atomic E-state index is 14.9. The number of nitriles is 1. The van der Waals surface area contributed by atoms with Crippen LogP contribution in [0.15, 0.2) is 36.9 Å². The number of halogens is 1. The number of aromatic nitrogens is 5. The Morgan fingerprint density at radius 1 is 1.30 bits per heavy atom. The minimum atomic E-state index is -1.94. The van der Waals surface area contributed by atoms with Crippen molar-refractivity contribution < 1.29 is 29.2 Å². The Kier molecular flexibility index (Phi) is 8.70. The molecule has 4 rings (SSSR count). The van der Waals surface area contributed by atoms with Gasteiger partial charge in [0.2, 0.25) is 5.95 Å². The number of hydrogen-bond donors (Lipinski definition) is 4. The lowest BCUT2D eigenvalue weighted by atomic mass is 10.0. The number of aliphatic hydroxyl groups is 3. The number of hydrogen-bond acceptors (Lipinski definition) is 12. The highest BCUT2D eigenvalue weighted by atomic mass is 19.1. The fourth-order valence-electron chi connectivity index (χ4n) is 4.29. The molecule has 212 valence electrons. The number of likely N-dealkylation sites (tertiary alicyclic amines) is 1. The summed E-state index contributed by atoms with van der Waals surface area (Å²) in [4.78, 5) is 25.3. The molecular weight excluding hydrogens is 523 g/mol. The third-order valence-electron chi connectivity index (χ3n) is 6.20. The van der Waals surface area contributed by atoms with E-state index in [0.717, 1.165) is 0 Å². The number of anilines is 2. The molecular formula is C26H31FN8O5. The number of β-amino-alcohol motifs (C(OH)–C–C–N with tert-alkyl or cyclic N) is 1. The number of piperidine rings is 1. The van der Waals surface area contributed by atoms with E-state index in [0.29, 0.717) is 30.2 Å². The van der Waals surface area contributed by atoms with Crippen molar-refractivity contribution in [1.82, 2.24) is 29.6 Å². The van der Waals surface area contributed by atoms with Crippen molar-refractivity contribution >= 4 is 17.9 Å². The Morgan fingerprint density at radius 2 is 2.10 bits per heavy atom. The monoisotopic (exact) mass is 554 g/mol. The highest BCUT2D eigenvalue weighted by molar-refractivity contribution is 5.63. The number of alkyl halides is 1. The molecule has 40 heavy (non-hydrogen) atoms. The van der Waals surface area contributed by atoms with E-state index in [1.165, 1.54) is 6.33 Å². The first kappa shape index (κ1) is 29.0. The van der Waals surface area contributed by atoms with E-state index in [4.69, 9.17) is 4.74 Å². The first-order valence-electron chi connectivity index (χ1n) is 12.6. The first-order chi connectivity index (χ1) is 19.0. The number of carbonyl (C=O) groups is 1. The van der Waals surface area contributed by atoms with Crippen LogP contribution in [0.5, 0.6) is 5.75 Å². The maximum atomic E-state index is 14.9. The normalized spacial score (nSPS) is 19.4. The number of ether oxygens (including phenoxy) is 1. The molecule has 1 aliphatic rings. The van der Waals surface area contributed by atoms with E-state index in [1.54, 1.807) is 54.0 Å². The van der Waals surface area contributed by atoms with Gasteiger partial charge >= 0.3 is 0 Å². The Morgan fingerprint density at radius 3 is 2.77 bits per heavy atom. The Balaban J connectivity index is 1.43. The predicted octanol–water partition coefficient (Wildman–Crippen LogP) is 0.835. The summed E-state index contributed by atoms with van der Waals surface area (Å²) in [6, 6.07) is 6.82. The standard InChI is InChI=1S/C26H31FN8O5/c1-25(2,38)12-35-10-19(9-31-35)32-24-30-16-29-23(33-24)17-3-4-21(18(7-17)8-28)40-22-5-6-34(11-20(22)27)13-26(39,14-36)15-37/h3-4,7,9-10,14,16,20,22,37-39H,5-6,11-13,15H2,1-2H3,(H,29,30,32,33)/t20-,22+,26-/m1/s1. The average Bonchev–Trinajstić information content (AvgIpc) is 3.35. The molecule has 0 spiro atoms. The minimum absolute atomic E-state index is 0.0991. The molecule has 3 atom stereocenters. The van der Waals surface area contributed by atoms with Crippen LogP contribution < -0.4 is 10.1 Å². The molecule has 3 heterocycles. The second-order valence-electron chi connectivity index (χ2n) is 10.4. The van der Waals surface area contributed by atoms with E-state index >= 15 is 0 Å². The minimum Gasteiger partial charge on any atom is -0.486 e. The van der Waals surface area contributed by atoms with Gasteiger partial charge in [-0.3, -0.25) is 14.4 Å². The highest BCUT2D eigenvalue weighted by Crippen LogP contribution is 2.28. The van der Waals surface area contributed by atoms with Crippen molar-refractivity contribution in [3.05, 3.63) is 42.5 Å². The molecule has 0 aliphatic carbocycles. The van der Waals surface area contributed by atoms with Crippen molar-refractivity contribution in [1.29, 1.82) is 5.26 Å². The fourth-order valence-corrected chi connectivity index (χ4v) is 4.29. The Bertz CT molecular complexity index is 1370. The molecule has 0 amide bonds. The van der Waals surface area contributed by atoms with Crippen molar-refractivity contribution in [3.8, 4) is 23.2 Å². The van der Waals surface area contributed by atoms with Crippen molar-refractivity contribution in [3.63, 3.8) is 0 Å². The lowest BCUT2D eigenvalue weighted by Gasteiger charge is -2.37. The van der Waals surface area contributed by atoms with Crippen LogP contribution in [0.25, 0.3) is 11.4 Å².